The molecule has 0 spiro atoms. The molecule has 1 rings (SSSR count). The molecule has 0 fully saturated rings. The maximum atomic E-state index is 11.9. The van der Waals surface area contributed by atoms with E-state index >= 15 is 0 Å². The fourth-order valence-corrected chi connectivity index (χ4v) is 2.10. The van der Waals surface area contributed by atoms with Crippen molar-refractivity contribution in [2.45, 2.75) is 33.6 Å². The predicted molar refractivity (Wildman–Crippen MR) is 80.5 cm³/mol. The van der Waals surface area contributed by atoms with Gasteiger partial charge in [-0.15, -0.1) is 0 Å². The Balaban J connectivity index is 2.35. The van der Waals surface area contributed by atoms with Gasteiger partial charge in [-0.25, -0.2) is 0 Å². The van der Waals surface area contributed by atoms with E-state index in [0.717, 1.165) is 38.0 Å². The quantitative estimate of drug-likeness (QED) is 0.781. The average Bonchev–Trinajstić information content (AvgIpc) is 2.40. The van der Waals surface area contributed by atoms with Crippen LogP contribution in [0.5, 0.6) is 0 Å². The summed E-state index contributed by atoms with van der Waals surface area (Å²) in [5.74, 6) is 0.0212. The highest BCUT2D eigenvalue weighted by Gasteiger charge is 2.06. The molecule has 19 heavy (non-hydrogen) atoms. The highest BCUT2D eigenvalue weighted by Crippen LogP contribution is 2.02. The van der Waals surface area contributed by atoms with Gasteiger partial charge in [0.2, 0.25) is 0 Å². The van der Waals surface area contributed by atoms with Gasteiger partial charge < -0.3 is 10.2 Å². The smallest absolute Gasteiger partial charge is 0.251 e. The van der Waals surface area contributed by atoms with Gasteiger partial charge in [0.1, 0.15) is 0 Å². The van der Waals surface area contributed by atoms with Crippen molar-refractivity contribution >= 4 is 5.91 Å². The molecular weight excluding hydrogens is 236 g/mol. The Morgan fingerprint density at radius 3 is 2.16 bits per heavy atom. The standard InChI is InChI=1S/C16H26N2O/c1-4-11-18(12-5-2)13-10-17-16(19)15-8-6-14(3)7-9-15/h6-9H,4-5,10-13H2,1-3H3,(H,17,19). The zero-order chi connectivity index (χ0) is 14.1. The Kier molecular flexibility index (Phi) is 7.19. The fourth-order valence-electron chi connectivity index (χ4n) is 2.10. The lowest BCUT2D eigenvalue weighted by Crippen LogP contribution is -2.35. The summed E-state index contributed by atoms with van der Waals surface area (Å²) in [6, 6.07) is 7.69. The molecule has 0 atom stereocenters. The fraction of sp³-hybridized carbons (Fsp3) is 0.562. The van der Waals surface area contributed by atoms with E-state index < -0.39 is 0 Å². The monoisotopic (exact) mass is 262 g/mol. The van der Waals surface area contributed by atoms with Crippen LogP contribution in [-0.4, -0.2) is 37.0 Å². The lowest BCUT2D eigenvalue weighted by molar-refractivity contribution is 0.0948. The normalized spacial score (nSPS) is 10.7. The van der Waals surface area contributed by atoms with Gasteiger partial charge in [0, 0.05) is 18.7 Å². The first-order valence-electron chi connectivity index (χ1n) is 7.24. The summed E-state index contributed by atoms with van der Waals surface area (Å²) in [6.45, 7) is 10.3. The van der Waals surface area contributed by atoms with Crippen LogP contribution in [-0.2, 0) is 0 Å². The Morgan fingerprint density at radius 2 is 1.63 bits per heavy atom. The van der Waals surface area contributed by atoms with Crippen LogP contribution in [0, 0.1) is 6.92 Å². The summed E-state index contributed by atoms with van der Waals surface area (Å²) in [6.07, 6.45) is 2.32. The van der Waals surface area contributed by atoms with Crippen molar-refractivity contribution < 1.29 is 4.79 Å². The van der Waals surface area contributed by atoms with E-state index in [4.69, 9.17) is 0 Å². The summed E-state index contributed by atoms with van der Waals surface area (Å²) in [7, 11) is 0. The van der Waals surface area contributed by atoms with Crippen molar-refractivity contribution in [3.63, 3.8) is 0 Å². The Labute approximate surface area is 117 Å². The Hall–Kier alpha value is -1.35. The number of carbonyl (C=O) groups excluding carboxylic acids is 1. The maximum absolute atomic E-state index is 11.9. The van der Waals surface area contributed by atoms with Crippen LogP contribution in [0.2, 0.25) is 0 Å². The van der Waals surface area contributed by atoms with E-state index in [1.807, 2.05) is 31.2 Å². The number of amides is 1. The molecule has 3 nitrogen and oxygen atoms in total. The molecule has 0 aliphatic rings. The van der Waals surface area contributed by atoms with Crippen LogP contribution in [0.25, 0.3) is 0 Å². The van der Waals surface area contributed by atoms with Crippen LogP contribution in [0.3, 0.4) is 0 Å². The van der Waals surface area contributed by atoms with Gasteiger partial charge in [0.25, 0.3) is 5.91 Å². The van der Waals surface area contributed by atoms with Gasteiger partial charge in [-0.2, -0.15) is 0 Å². The number of carbonyl (C=O) groups is 1. The molecule has 3 heteroatoms. The van der Waals surface area contributed by atoms with E-state index in [0.29, 0.717) is 6.54 Å². The molecule has 1 N–H and O–H groups in total. The topological polar surface area (TPSA) is 32.3 Å². The highest BCUT2D eigenvalue weighted by atomic mass is 16.1. The van der Waals surface area contributed by atoms with Crippen LogP contribution in [0.1, 0.15) is 42.6 Å². The maximum Gasteiger partial charge on any atom is 0.251 e. The highest BCUT2D eigenvalue weighted by molar-refractivity contribution is 5.94. The molecule has 0 aliphatic heterocycles. The minimum Gasteiger partial charge on any atom is -0.351 e. The van der Waals surface area contributed by atoms with Crippen LogP contribution in [0.15, 0.2) is 24.3 Å². The molecule has 0 saturated carbocycles. The zero-order valence-electron chi connectivity index (χ0n) is 12.4. The third kappa shape index (κ3) is 5.88. The summed E-state index contributed by atoms with van der Waals surface area (Å²) < 4.78 is 0. The van der Waals surface area contributed by atoms with Gasteiger partial charge >= 0.3 is 0 Å². The van der Waals surface area contributed by atoms with Crippen LogP contribution >= 0.6 is 0 Å². The van der Waals surface area contributed by atoms with Crippen LogP contribution in [0.4, 0.5) is 0 Å². The first-order valence-corrected chi connectivity index (χ1v) is 7.24. The number of nitrogens with zero attached hydrogens (tertiary/aromatic N) is 1. The van der Waals surface area contributed by atoms with E-state index in [9.17, 15) is 4.79 Å². The summed E-state index contributed by atoms with van der Waals surface area (Å²) in [5.41, 5.74) is 1.91. The third-order valence-corrected chi connectivity index (χ3v) is 3.11. The number of aryl methyl sites for hydroxylation is 1. The minimum absolute atomic E-state index is 0.0212. The molecule has 0 heterocycles. The number of benzene rings is 1. The van der Waals surface area contributed by atoms with Crippen molar-refractivity contribution in [3.05, 3.63) is 35.4 Å². The molecule has 1 aromatic rings. The van der Waals surface area contributed by atoms with Gasteiger partial charge in [-0.3, -0.25) is 4.79 Å². The second-order valence-electron chi connectivity index (χ2n) is 4.96. The van der Waals surface area contributed by atoms with E-state index in [2.05, 4.69) is 24.1 Å². The molecule has 0 aromatic heterocycles. The van der Waals surface area contributed by atoms with E-state index in [1.165, 1.54) is 5.56 Å². The SMILES string of the molecule is CCCN(CCC)CCNC(=O)c1ccc(C)cc1. The van der Waals surface area contributed by atoms with E-state index in [1.54, 1.807) is 0 Å². The molecule has 0 saturated heterocycles. The number of rotatable bonds is 8. The average molecular weight is 262 g/mol. The molecule has 1 amide bonds. The molecular formula is C16H26N2O. The molecule has 0 aliphatic carbocycles. The third-order valence-electron chi connectivity index (χ3n) is 3.11. The molecule has 0 unspecified atom stereocenters. The Bertz CT molecular complexity index is 367. The molecule has 1 aromatic carbocycles. The van der Waals surface area contributed by atoms with Crippen molar-refractivity contribution in [2.24, 2.45) is 0 Å². The van der Waals surface area contributed by atoms with Gasteiger partial charge in [0.15, 0.2) is 0 Å². The number of nitrogens with one attached hydrogen (secondary N) is 1. The summed E-state index contributed by atoms with van der Waals surface area (Å²) in [5, 5.41) is 2.99. The first-order chi connectivity index (χ1) is 9.17. The number of hydrogen-bond acceptors (Lipinski definition) is 2. The minimum atomic E-state index is 0.0212. The van der Waals surface area contributed by atoms with Crippen LogP contribution < -0.4 is 5.32 Å². The van der Waals surface area contributed by atoms with Crippen molar-refractivity contribution in [1.82, 2.24) is 10.2 Å². The lowest BCUT2D eigenvalue weighted by Gasteiger charge is -2.20. The van der Waals surface area contributed by atoms with Crippen molar-refractivity contribution in [3.8, 4) is 0 Å². The molecule has 0 radical (unpaired) electrons. The second kappa shape index (κ2) is 8.70. The van der Waals surface area contributed by atoms with Gasteiger partial charge in [-0.1, -0.05) is 31.5 Å². The molecule has 0 bridgehead atoms. The van der Waals surface area contributed by atoms with E-state index in [-0.39, 0.29) is 5.91 Å². The number of hydrogen-bond donors (Lipinski definition) is 1. The van der Waals surface area contributed by atoms with Gasteiger partial charge in [-0.05, 0) is 45.0 Å². The second-order valence-corrected chi connectivity index (χ2v) is 4.96. The largest absolute Gasteiger partial charge is 0.351 e. The summed E-state index contributed by atoms with van der Waals surface area (Å²) in [4.78, 5) is 14.3. The van der Waals surface area contributed by atoms with Crippen molar-refractivity contribution in [1.29, 1.82) is 0 Å². The molecule has 106 valence electrons. The summed E-state index contributed by atoms with van der Waals surface area (Å²) >= 11 is 0. The van der Waals surface area contributed by atoms with Gasteiger partial charge in [0.05, 0.1) is 0 Å². The first kappa shape index (κ1) is 15.7. The zero-order valence-corrected chi connectivity index (χ0v) is 12.4. The predicted octanol–water partition coefficient (Wildman–Crippen LogP) is 2.85. The van der Waals surface area contributed by atoms with Crippen molar-refractivity contribution in [2.75, 3.05) is 26.2 Å². The Morgan fingerprint density at radius 1 is 1.05 bits per heavy atom. The lowest BCUT2D eigenvalue weighted by atomic mass is 10.1.